The van der Waals surface area contributed by atoms with Crippen LogP contribution >= 0.6 is 0 Å². The second-order valence-electron chi connectivity index (χ2n) is 5.98. The van der Waals surface area contributed by atoms with E-state index in [1.165, 1.54) is 27.7 Å². The molecular weight excluding hydrogens is 260 g/mol. The highest BCUT2D eigenvalue weighted by Gasteiger charge is 2.15. The van der Waals surface area contributed by atoms with Gasteiger partial charge in [0.05, 0.1) is 12.6 Å². The van der Waals surface area contributed by atoms with E-state index in [0.29, 0.717) is 6.54 Å². The number of hydrogen-bond donors (Lipinski definition) is 1. The number of rotatable bonds is 6. The molecule has 21 heavy (non-hydrogen) atoms. The van der Waals surface area contributed by atoms with E-state index < -0.39 is 0 Å². The van der Waals surface area contributed by atoms with Crippen LogP contribution in [0.1, 0.15) is 30.7 Å². The van der Waals surface area contributed by atoms with Crippen molar-refractivity contribution in [3.63, 3.8) is 0 Å². The van der Waals surface area contributed by atoms with Gasteiger partial charge in [-0.3, -0.25) is 0 Å². The van der Waals surface area contributed by atoms with Crippen LogP contribution in [-0.4, -0.2) is 40.3 Å². The van der Waals surface area contributed by atoms with Crippen molar-refractivity contribution in [2.45, 2.75) is 47.3 Å². The standard InChI is InChI=1S/C18H28N2O/c1-6-19(7-2)11-16(21)12-20-15(5)14(4)17-10-13(3)8-9-18(17)20/h8-10,16,21H,6-7,11-12H2,1-5H3/t16-/m1/s1. The fourth-order valence-corrected chi connectivity index (χ4v) is 3.05. The van der Waals surface area contributed by atoms with Crippen LogP contribution in [0.15, 0.2) is 18.2 Å². The Labute approximate surface area is 128 Å². The molecular formula is C18H28N2O. The van der Waals surface area contributed by atoms with Crippen LogP contribution in [-0.2, 0) is 6.54 Å². The molecule has 3 heteroatoms. The summed E-state index contributed by atoms with van der Waals surface area (Å²) >= 11 is 0. The predicted molar refractivity (Wildman–Crippen MR) is 89.9 cm³/mol. The highest BCUT2D eigenvalue weighted by Crippen LogP contribution is 2.26. The molecule has 0 aliphatic carbocycles. The largest absolute Gasteiger partial charge is 0.390 e. The summed E-state index contributed by atoms with van der Waals surface area (Å²) in [6, 6.07) is 6.56. The minimum atomic E-state index is -0.333. The van der Waals surface area contributed by atoms with Crippen molar-refractivity contribution in [1.82, 2.24) is 9.47 Å². The third kappa shape index (κ3) is 3.30. The van der Waals surface area contributed by atoms with Gasteiger partial charge in [-0.05, 0) is 51.6 Å². The highest BCUT2D eigenvalue weighted by atomic mass is 16.3. The maximum atomic E-state index is 10.4. The van der Waals surface area contributed by atoms with Gasteiger partial charge in [0, 0.05) is 23.1 Å². The second-order valence-corrected chi connectivity index (χ2v) is 5.98. The second kappa shape index (κ2) is 6.63. The average Bonchev–Trinajstić information content (AvgIpc) is 2.69. The smallest absolute Gasteiger partial charge is 0.0845 e. The minimum Gasteiger partial charge on any atom is -0.390 e. The third-order valence-corrected chi connectivity index (χ3v) is 4.55. The molecule has 1 aromatic heterocycles. The zero-order valence-corrected chi connectivity index (χ0v) is 14.0. The van der Waals surface area contributed by atoms with Gasteiger partial charge in [0.2, 0.25) is 0 Å². The topological polar surface area (TPSA) is 28.4 Å². The summed E-state index contributed by atoms with van der Waals surface area (Å²) in [5.74, 6) is 0. The molecule has 1 atom stereocenters. The van der Waals surface area contributed by atoms with Crippen LogP contribution in [0.5, 0.6) is 0 Å². The first-order chi connectivity index (χ1) is 9.97. The van der Waals surface area contributed by atoms with Crippen molar-refractivity contribution in [3.05, 3.63) is 35.0 Å². The van der Waals surface area contributed by atoms with Crippen LogP contribution in [0.25, 0.3) is 10.9 Å². The van der Waals surface area contributed by atoms with E-state index in [2.05, 4.69) is 62.3 Å². The quantitative estimate of drug-likeness (QED) is 0.883. The Morgan fingerprint density at radius 3 is 2.43 bits per heavy atom. The molecule has 0 bridgehead atoms. The molecule has 0 amide bonds. The molecule has 0 fully saturated rings. The number of aromatic nitrogens is 1. The number of likely N-dealkylation sites (N-methyl/N-ethyl adjacent to an activating group) is 1. The zero-order chi connectivity index (χ0) is 15.6. The Morgan fingerprint density at radius 1 is 1.14 bits per heavy atom. The van der Waals surface area contributed by atoms with Gasteiger partial charge in [0.15, 0.2) is 0 Å². The Balaban J connectivity index is 2.28. The van der Waals surface area contributed by atoms with Crippen molar-refractivity contribution in [3.8, 4) is 0 Å². The van der Waals surface area contributed by atoms with Gasteiger partial charge in [0.1, 0.15) is 0 Å². The van der Waals surface area contributed by atoms with Crippen LogP contribution in [0.4, 0.5) is 0 Å². The molecule has 3 nitrogen and oxygen atoms in total. The maximum Gasteiger partial charge on any atom is 0.0845 e. The van der Waals surface area contributed by atoms with E-state index in [1.807, 2.05) is 0 Å². The molecule has 0 spiro atoms. The molecule has 2 aromatic rings. The molecule has 1 heterocycles. The van der Waals surface area contributed by atoms with Gasteiger partial charge in [-0.1, -0.05) is 25.5 Å². The minimum absolute atomic E-state index is 0.333. The molecule has 1 N–H and O–H groups in total. The number of aliphatic hydroxyl groups excluding tert-OH is 1. The van der Waals surface area contributed by atoms with Crippen LogP contribution in [0.3, 0.4) is 0 Å². The monoisotopic (exact) mass is 288 g/mol. The summed E-state index contributed by atoms with van der Waals surface area (Å²) in [5, 5.41) is 11.7. The predicted octanol–water partition coefficient (Wildman–Crippen LogP) is 3.27. The van der Waals surface area contributed by atoms with Gasteiger partial charge < -0.3 is 14.6 Å². The summed E-state index contributed by atoms with van der Waals surface area (Å²) in [6.45, 7) is 14.1. The Kier molecular flexibility index (Phi) is 5.07. The van der Waals surface area contributed by atoms with Crippen LogP contribution in [0.2, 0.25) is 0 Å². The molecule has 1 aromatic carbocycles. The first-order valence-corrected chi connectivity index (χ1v) is 7.94. The summed E-state index contributed by atoms with van der Waals surface area (Å²) in [4.78, 5) is 2.27. The van der Waals surface area contributed by atoms with Gasteiger partial charge in [0.25, 0.3) is 0 Å². The number of aliphatic hydroxyl groups is 1. The number of fused-ring (bicyclic) bond motifs is 1. The highest BCUT2D eigenvalue weighted by molar-refractivity contribution is 5.85. The van der Waals surface area contributed by atoms with E-state index in [-0.39, 0.29) is 6.10 Å². The number of benzene rings is 1. The maximum absolute atomic E-state index is 10.4. The molecule has 0 aliphatic rings. The van der Waals surface area contributed by atoms with E-state index in [0.717, 1.165) is 19.6 Å². The first-order valence-electron chi connectivity index (χ1n) is 7.94. The Bertz CT molecular complexity index is 611. The van der Waals surface area contributed by atoms with Crippen molar-refractivity contribution in [1.29, 1.82) is 0 Å². The Hall–Kier alpha value is -1.32. The SMILES string of the molecule is CCN(CC)C[C@@H](O)Cn1c(C)c(C)c2cc(C)ccc21. The normalized spacial score (nSPS) is 13.3. The van der Waals surface area contributed by atoms with E-state index in [9.17, 15) is 5.11 Å². The van der Waals surface area contributed by atoms with E-state index in [1.54, 1.807) is 0 Å². The molecule has 0 saturated carbocycles. The molecule has 116 valence electrons. The number of hydrogen-bond acceptors (Lipinski definition) is 2. The van der Waals surface area contributed by atoms with Crippen molar-refractivity contribution >= 4 is 10.9 Å². The van der Waals surface area contributed by atoms with Crippen LogP contribution < -0.4 is 0 Å². The molecule has 0 unspecified atom stereocenters. The lowest BCUT2D eigenvalue weighted by molar-refractivity contribution is 0.104. The lowest BCUT2D eigenvalue weighted by atomic mass is 10.1. The summed E-state index contributed by atoms with van der Waals surface area (Å²) in [6.07, 6.45) is -0.333. The molecule has 0 aliphatic heterocycles. The summed E-state index contributed by atoms with van der Waals surface area (Å²) in [5.41, 5.74) is 5.10. The zero-order valence-electron chi connectivity index (χ0n) is 14.0. The molecule has 2 rings (SSSR count). The van der Waals surface area contributed by atoms with Crippen LogP contribution in [0, 0.1) is 20.8 Å². The van der Waals surface area contributed by atoms with Gasteiger partial charge in [-0.2, -0.15) is 0 Å². The Morgan fingerprint density at radius 2 is 1.81 bits per heavy atom. The van der Waals surface area contributed by atoms with Gasteiger partial charge in [-0.25, -0.2) is 0 Å². The van der Waals surface area contributed by atoms with Gasteiger partial charge >= 0.3 is 0 Å². The summed E-state index contributed by atoms with van der Waals surface area (Å²) < 4.78 is 2.26. The third-order valence-electron chi connectivity index (χ3n) is 4.55. The number of aryl methyl sites for hydroxylation is 2. The number of nitrogens with zero attached hydrogens (tertiary/aromatic N) is 2. The molecule has 0 radical (unpaired) electrons. The lowest BCUT2D eigenvalue weighted by Gasteiger charge is -2.23. The van der Waals surface area contributed by atoms with Crippen molar-refractivity contribution < 1.29 is 5.11 Å². The molecule has 0 saturated heterocycles. The fraction of sp³-hybridized carbons (Fsp3) is 0.556. The van der Waals surface area contributed by atoms with Crippen molar-refractivity contribution in [2.24, 2.45) is 0 Å². The first kappa shape index (κ1) is 16.1. The average molecular weight is 288 g/mol. The summed E-state index contributed by atoms with van der Waals surface area (Å²) in [7, 11) is 0. The van der Waals surface area contributed by atoms with Gasteiger partial charge in [-0.15, -0.1) is 0 Å². The van der Waals surface area contributed by atoms with E-state index >= 15 is 0 Å². The van der Waals surface area contributed by atoms with Crippen molar-refractivity contribution in [2.75, 3.05) is 19.6 Å². The fourth-order valence-electron chi connectivity index (χ4n) is 3.05. The lowest BCUT2D eigenvalue weighted by Crippen LogP contribution is -2.34. The van der Waals surface area contributed by atoms with E-state index in [4.69, 9.17) is 0 Å².